The first-order chi connectivity index (χ1) is 19.9. The number of carbonyl (C=O) groups excluding carboxylic acids is 4. The van der Waals surface area contributed by atoms with Crippen molar-refractivity contribution in [2.45, 2.75) is 52.8 Å². The van der Waals surface area contributed by atoms with E-state index in [1.165, 1.54) is 18.2 Å². The van der Waals surface area contributed by atoms with Gasteiger partial charge < -0.3 is 39.0 Å². The van der Waals surface area contributed by atoms with E-state index < -0.39 is 30.6 Å². The van der Waals surface area contributed by atoms with Crippen molar-refractivity contribution >= 4 is 23.9 Å². The van der Waals surface area contributed by atoms with E-state index >= 15 is 0 Å². The van der Waals surface area contributed by atoms with E-state index in [0.717, 1.165) is 12.5 Å². The van der Waals surface area contributed by atoms with E-state index in [9.17, 15) is 29.4 Å². The zero-order valence-corrected chi connectivity index (χ0v) is 23.7. The third kappa shape index (κ3) is 12.9. The molecule has 8 atom stereocenters. The van der Waals surface area contributed by atoms with Gasteiger partial charge in [0.05, 0.1) is 25.0 Å². The molecule has 0 spiro atoms. The largest absolute Gasteiger partial charge is 0.458 e. The molecule has 3 fully saturated rings. The molecule has 2 saturated heterocycles. The van der Waals surface area contributed by atoms with Crippen LogP contribution in [0.25, 0.3) is 0 Å². The van der Waals surface area contributed by atoms with Crippen LogP contribution in [-0.2, 0) is 42.9 Å². The van der Waals surface area contributed by atoms with Crippen molar-refractivity contribution in [3.63, 3.8) is 0 Å². The van der Waals surface area contributed by atoms with Gasteiger partial charge in [0.2, 0.25) is 0 Å². The van der Waals surface area contributed by atoms with E-state index in [1.54, 1.807) is 6.92 Å². The highest BCUT2D eigenvalue weighted by molar-refractivity contribution is 5.98. The van der Waals surface area contributed by atoms with Gasteiger partial charge in [-0.3, -0.25) is 9.59 Å². The van der Waals surface area contributed by atoms with E-state index in [0.29, 0.717) is 5.57 Å². The summed E-state index contributed by atoms with van der Waals surface area (Å²) < 4.78 is 23.6. The van der Waals surface area contributed by atoms with Crippen molar-refractivity contribution in [2.75, 3.05) is 26.4 Å². The lowest BCUT2D eigenvalue weighted by Gasteiger charge is -2.34. The molecule has 12 nitrogen and oxygen atoms in total. The molecule has 44 heavy (non-hydrogen) atoms. The second-order valence-electron chi connectivity index (χ2n) is 9.40. The number of hydrogen-bond donors (Lipinski definition) is 3. The maximum absolute atomic E-state index is 11.2. The first-order valence-electron chi connectivity index (χ1n) is 13.1. The van der Waals surface area contributed by atoms with Crippen LogP contribution >= 0.6 is 0 Å². The highest BCUT2D eigenvalue weighted by atomic mass is 16.7. The average Bonchev–Trinajstić information content (AvgIpc) is 3.68. The first-order valence-corrected chi connectivity index (χ1v) is 13.1. The van der Waals surface area contributed by atoms with Crippen LogP contribution in [0.2, 0.25) is 0 Å². The zero-order valence-electron chi connectivity index (χ0n) is 23.7. The second-order valence-corrected chi connectivity index (χ2v) is 9.40. The third-order valence-corrected chi connectivity index (χ3v) is 6.23. The Bertz CT molecular complexity index is 1000. The number of carbonyl (C=O) groups is 4. The molecule has 4 rings (SSSR count). The molecule has 2 heterocycles. The van der Waals surface area contributed by atoms with Crippen LogP contribution in [-0.4, -0.2) is 90.2 Å². The number of esters is 4. The number of allylic oxidation sites excluding steroid dienone is 2. The van der Waals surface area contributed by atoms with Crippen molar-refractivity contribution in [1.29, 1.82) is 0 Å². The molecule has 0 amide bonds. The zero-order chi connectivity index (χ0) is 31.8. The van der Waals surface area contributed by atoms with Crippen molar-refractivity contribution in [3.05, 3.63) is 74.9 Å². The smallest absolute Gasteiger partial charge is 0.333 e. The van der Waals surface area contributed by atoms with Crippen molar-refractivity contribution < 1.29 is 58.2 Å². The molecule has 2 aliphatic heterocycles. The van der Waals surface area contributed by atoms with Gasteiger partial charge in [-0.2, -0.15) is 0 Å². The van der Waals surface area contributed by atoms with Gasteiger partial charge in [-0.05, 0) is 25.2 Å². The molecule has 12 heteroatoms. The van der Waals surface area contributed by atoms with Gasteiger partial charge in [0.1, 0.15) is 31.5 Å². The molecular weight excluding hydrogens is 576 g/mol. The highest BCUT2D eigenvalue weighted by Gasteiger charge is 2.57. The van der Waals surface area contributed by atoms with Crippen molar-refractivity contribution in [3.8, 4) is 0 Å². The third-order valence-electron chi connectivity index (χ3n) is 6.23. The lowest BCUT2D eigenvalue weighted by atomic mass is 9.85. The Kier molecular flexibility index (Phi) is 21.2. The molecule has 4 aliphatic rings. The maximum atomic E-state index is 11.2. The van der Waals surface area contributed by atoms with Crippen molar-refractivity contribution in [2.24, 2.45) is 23.7 Å². The quantitative estimate of drug-likeness (QED) is 0.113. The summed E-state index contributed by atoms with van der Waals surface area (Å²) in [6.45, 7) is 19.1. The summed E-state index contributed by atoms with van der Waals surface area (Å²) in [5, 5.41) is 27.7. The monoisotopic (exact) mass is 624 g/mol. The Hall–Kier alpha value is -3.68. The van der Waals surface area contributed by atoms with E-state index in [2.05, 4.69) is 47.1 Å². The molecule has 0 aromatic rings. The Morgan fingerprint density at radius 1 is 0.886 bits per heavy atom. The number of ether oxygens (including phenoxy) is 5. The Balaban J connectivity index is 0. The van der Waals surface area contributed by atoms with Crippen LogP contribution in [0.15, 0.2) is 74.9 Å². The standard InChI is InChI=1S/C9H8O3.C8H14O5.C7H10O2.C6H8O2.2CH4/c10-8-6-4-1-2-5(3-4)7(6)9(11)12-8;1-2-3-12-8-7(11)6(10)5(9)4-13-8;1-4-5-9-7(8)6(2)3;1-3-5-8-6(7)4-2;;/h1-2,4-7H,3H2;2,5-11H,1,3-4H2;4H,1-2,5H2,3H3;3-4H,1-2,5H2;2*1H4. The summed E-state index contributed by atoms with van der Waals surface area (Å²) in [7, 11) is 0. The molecule has 2 aliphatic carbocycles. The molecule has 248 valence electrons. The molecule has 0 aromatic carbocycles. The predicted molar refractivity (Wildman–Crippen MR) is 164 cm³/mol. The van der Waals surface area contributed by atoms with E-state index in [-0.39, 0.29) is 82.9 Å². The Morgan fingerprint density at radius 3 is 1.84 bits per heavy atom. The molecular formula is C32H48O12. The van der Waals surface area contributed by atoms with E-state index in [1.807, 2.05) is 12.2 Å². The van der Waals surface area contributed by atoms with E-state index in [4.69, 9.17) is 14.6 Å². The van der Waals surface area contributed by atoms with Crippen molar-refractivity contribution in [1.82, 2.24) is 0 Å². The number of aliphatic hydroxyl groups is 3. The molecule has 8 unspecified atom stereocenters. The molecule has 2 bridgehead atoms. The summed E-state index contributed by atoms with van der Waals surface area (Å²) in [5.74, 6) is -1.12. The van der Waals surface area contributed by atoms with Crippen LogP contribution in [0, 0.1) is 23.7 Å². The fraction of sp³-hybridized carbons (Fsp3) is 0.500. The SMILES string of the molecule is C.C.C=CCOC(=O)C(=C)C.C=CCOC(=O)C=C.C=CCOC1OCC(O)C(O)C1O.O=C1OC(=O)C2C3C=CC(C3)C12. The molecule has 0 radical (unpaired) electrons. The number of rotatable bonds is 9. The Labute approximate surface area is 260 Å². The molecule has 1 saturated carbocycles. The second kappa shape index (κ2) is 21.9. The minimum atomic E-state index is -1.22. The lowest BCUT2D eigenvalue weighted by molar-refractivity contribution is -0.266. The van der Waals surface area contributed by atoms with Gasteiger partial charge in [-0.1, -0.05) is 71.5 Å². The lowest BCUT2D eigenvalue weighted by Crippen LogP contribution is -2.53. The van der Waals surface area contributed by atoms with Crippen LogP contribution in [0.5, 0.6) is 0 Å². The van der Waals surface area contributed by atoms with Crippen LogP contribution < -0.4 is 0 Å². The average molecular weight is 625 g/mol. The van der Waals surface area contributed by atoms with Gasteiger partial charge in [0.15, 0.2) is 6.29 Å². The Morgan fingerprint density at radius 2 is 1.39 bits per heavy atom. The normalized spacial score (nSPS) is 28.1. The van der Waals surface area contributed by atoms with Gasteiger partial charge in [0, 0.05) is 11.6 Å². The summed E-state index contributed by atoms with van der Waals surface area (Å²) in [5.41, 5.74) is 0.414. The van der Waals surface area contributed by atoms with Crippen LogP contribution in [0.1, 0.15) is 28.2 Å². The minimum Gasteiger partial charge on any atom is -0.458 e. The maximum Gasteiger partial charge on any atom is 0.333 e. The first kappa shape index (κ1) is 42.5. The summed E-state index contributed by atoms with van der Waals surface area (Å²) >= 11 is 0. The summed E-state index contributed by atoms with van der Waals surface area (Å²) in [6, 6.07) is 0. The topological polar surface area (TPSA) is 175 Å². The van der Waals surface area contributed by atoms with Gasteiger partial charge in [0.25, 0.3) is 0 Å². The van der Waals surface area contributed by atoms with Crippen LogP contribution in [0.4, 0.5) is 0 Å². The van der Waals surface area contributed by atoms with Gasteiger partial charge in [-0.15, -0.1) is 6.58 Å². The number of fused-ring (bicyclic) bond motifs is 5. The number of cyclic esters (lactones) is 2. The van der Waals surface area contributed by atoms with Crippen LogP contribution in [0.3, 0.4) is 0 Å². The fourth-order valence-electron chi connectivity index (χ4n) is 4.25. The molecule has 3 N–H and O–H groups in total. The van der Waals surface area contributed by atoms with Gasteiger partial charge in [-0.25, -0.2) is 9.59 Å². The fourth-order valence-corrected chi connectivity index (χ4v) is 4.25. The minimum absolute atomic E-state index is 0. The predicted octanol–water partition coefficient (Wildman–Crippen LogP) is 2.60. The highest BCUT2D eigenvalue weighted by Crippen LogP contribution is 2.51. The van der Waals surface area contributed by atoms with Gasteiger partial charge >= 0.3 is 23.9 Å². The summed E-state index contributed by atoms with van der Waals surface area (Å²) in [6.07, 6.45) is 6.31. The number of hydrogen-bond acceptors (Lipinski definition) is 12. The number of aliphatic hydroxyl groups excluding tert-OH is 3. The molecule has 0 aromatic heterocycles. The summed E-state index contributed by atoms with van der Waals surface area (Å²) in [4.78, 5) is 43.1.